The number of benzene rings is 2. The second kappa shape index (κ2) is 9.50. The van der Waals surface area contributed by atoms with Crippen LogP contribution in [0.4, 0.5) is 18.9 Å². The number of carbonyl (C=O) groups is 1. The van der Waals surface area contributed by atoms with Crippen molar-refractivity contribution in [2.45, 2.75) is 31.2 Å². The van der Waals surface area contributed by atoms with E-state index in [1.807, 2.05) is 6.92 Å². The van der Waals surface area contributed by atoms with Crippen LogP contribution in [0.1, 0.15) is 18.9 Å². The molecule has 3 aromatic rings. The molecule has 0 aliphatic rings. The fourth-order valence-electron chi connectivity index (χ4n) is 2.88. The number of nitrogens with zero attached hydrogens (tertiary/aromatic N) is 2. The SMILES string of the molecule is CCCn1c(SCC(=O)Nc2ccc(Cl)cc2C(F)(F)F)nc2cc(Cl)ccc2c1=O. The number of carbonyl (C=O) groups excluding carboxylic acids is 1. The summed E-state index contributed by atoms with van der Waals surface area (Å²) < 4.78 is 41.1. The summed E-state index contributed by atoms with van der Waals surface area (Å²) in [6.07, 6.45) is -4.03. The number of amides is 1. The Kier molecular flexibility index (Phi) is 7.18. The van der Waals surface area contributed by atoms with Crippen molar-refractivity contribution in [1.29, 1.82) is 0 Å². The number of anilines is 1. The topological polar surface area (TPSA) is 64.0 Å². The zero-order valence-electron chi connectivity index (χ0n) is 16.1. The Morgan fingerprint density at radius 3 is 2.52 bits per heavy atom. The highest BCUT2D eigenvalue weighted by molar-refractivity contribution is 7.99. The Balaban J connectivity index is 1.85. The third-order valence-electron chi connectivity index (χ3n) is 4.22. The van der Waals surface area contributed by atoms with Crippen molar-refractivity contribution in [1.82, 2.24) is 9.55 Å². The van der Waals surface area contributed by atoms with E-state index in [1.54, 1.807) is 18.2 Å². The van der Waals surface area contributed by atoms with Gasteiger partial charge >= 0.3 is 6.18 Å². The first kappa shape index (κ1) is 23.4. The van der Waals surface area contributed by atoms with Crippen molar-refractivity contribution in [2.24, 2.45) is 0 Å². The molecule has 0 bridgehead atoms. The van der Waals surface area contributed by atoms with Crippen molar-refractivity contribution >= 4 is 57.5 Å². The maximum Gasteiger partial charge on any atom is 0.418 e. The van der Waals surface area contributed by atoms with Crippen molar-refractivity contribution < 1.29 is 18.0 Å². The van der Waals surface area contributed by atoms with Gasteiger partial charge in [-0.1, -0.05) is 41.9 Å². The van der Waals surface area contributed by atoms with Crippen LogP contribution in [0.5, 0.6) is 0 Å². The predicted molar refractivity (Wildman–Crippen MR) is 117 cm³/mol. The number of nitrogens with one attached hydrogen (secondary N) is 1. The normalized spacial score (nSPS) is 11.7. The average molecular weight is 490 g/mol. The van der Waals surface area contributed by atoms with Crippen molar-refractivity contribution in [3.8, 4) is 0 Å². The lowest BCUT2D eigenvalue weighted by atomic mass is 10.1. The number of thioether (sulfide) groups is 1. The van der Waals surface area contributed by atoms with Crippen LogP contribution in [0.25, 0.3) is 10.9 Å². The summed E-state index contributed by atoms with van der Waals surface area (Å²) in [6.45, 7) is 2.27. The molecule has 31 heavy (non-hydrogen) atoms. The zero-order valence-corrected chi connectivity index (χ0v) is 18.4. The van der Waals surface area contributed by atoms with Crippen LogP contribution in [0.15, 0.2) is 46.3 Å². The molecule has 5 nitrogen and oxygen atoms in total. The number of rotatable bonds is 6. The first-order valence-corrected chi connectivity index (χ1v) is 10.8. The number of fused-ring (bicyclic) bond motifs is 1. The Labute approximate surface area is 189 Å². The molecule has 0 atom stereocenters. The van der Waals surface area contributed by atoms with Crippen LogP contribution in [0.2, 0.25) is 10.0 Å². The second-order valence-corrected chi connectivity index (χ2v) is 8.35. The monoisotopic (exact) mass is 489 g/mol. The van der Waals surface area contributed by atoms with Gasteiger partial charge in [0.05, 0.1) is 27.9 Å². The standard InChI is InChI=1S/C20H16Cl2F3N3O2S/c1-2-7-28-18(30)13-5-3-12(22)9-16(13)27-19(28)31-10-17(29)26-15-6-4-11(21)8-14(15)20(23,24)25/h3-6,8-9H,2,7,10H2,1H3,(H,26,29). The Hall–Kier alpha value is -2.23. The quantitative estimate of drug-likeness (QED) is 0.347. The van der Waals surface area contributed by atoms with Gasteiger partial charge in [0.25, 0.3) is 5.56 Å². The second-order valence-electron chi connectivity index (χ2n) is 6.54. The summed E-state index contributed by atoms with van der Waals surface area (Å²) in [6, 6.07) is 7.82. The molecule has 11 heteroatoms. The van der Waals surface area contributed by atoms with Gasteiger partial charge in [-0.25, -0.2) is 4.98 Å². The molecule has 1 amide bonds. The van der Waals surface area contributed by atoms with Gasteiger partial charge in [-0.2, -0.15) is 13.2 Å². The molecule has 0 aliphatic carbocycles. The van der Waals surface area contributed by atoms with E-state index in [4.69, 9.17) is 23.2 Å². The van der Waals surface area contributed by atoms with Crippen LogP contribution in [-0.2, 0) is 17.5 Å². The van der Waals surface area contributed by atoms with Gasteiger partial charge in [0.2, 0.25) is 5.91 Å². The van der Waals surface area contributed by atoms with Crippen LogP contribution < -0.4 is 10.9 Å². The van der Waals surface area contributed by atoms with Gasteiger partial charge < -0.3 is 5.32 Å². The molecule has 0 spiro atoms. The Morgan fingerprint density at radius 2 is 1.84 bits per heavy atom. The minimum absolute atomic E-state index is 0.0951. The van der Waals surface area contributed by atoms with E-state index < -0.39 is 23.3 Å². The lowest BCUT2D eigenvalue weighted by Gasteiger charge is -2.15. The van der Waals surface area contributed by atoms with Gasteiger partial charge in [0.15, 0.2) is 5.16 Å². The van der Waals surface area contributed by atoms with Gasteiger partial charge in [-0.15, -0.1) is 0 Å². The zero-order chi connectivity index (χ0) is 22.8. The Morgan fingerprint density at radius 1 is 1.16 bits per heavy atom. The third kappa shape index (κ3) is 5.53. The van der Waals surface area contributed by atoms with Gasteiger partial charge in [0.1, 0.15) is 0 Å². The van der Waals surface area contributed by atoms with Crippen LogP contribution in [0.3, 0.4) is 0 Å². The lowest BCUT2D eigenvalue weighted by molar-refractivity contribution is -0.137. The first-order chi connectivity index (χ1) is 14.6. The van der Waals surface area contributed by atoms with Gasteiger partial charge in [-0.05, 0) is 42.8 Å². The summed E-state index contributed by atoms with van der Waals surface area (Å²) in [5.74, 6) is -0.927. The number of aromatic nitrogens is 2. The number of halogens is 5. The summed E-state index contributed by atoms with van der Waals surface area (Å²) in [4.78, 5) is 29.6. The molecule has 0 saturated heterocycles. The smallest absolute Gasteiger partial charge is 0.325 e. The molecule has 0 fully saturated rings. The van der Waals surface area contributed by atoms with E-state index >= 15 is 0 Å². The average Bonchev–Trinajstić information content (AvgIpc) is 2.69. The molecule has 0 unspecified atom stereocenters. The highest BCUT2D eigenvalue weighted by Gasteiger charge is 2.34. The van der Waals surface area contributed by atoms with E-state index in [0.717, 1.165) is 23.9 Å². The fourth-order valence-corrected chi connectivity index (χ4v) is 4.04. The molecule has 3 rings (SSSR count). The van der Waals surface area contributed by atoms with Crippen molar-refractivity contribution in [3.05, 3.63) is 62.4 Å². The van der Waals surface area contributed by atoms with E-state index in [0.29, 0.717) is 28.9 Å². The van der Waals surface area contributed by atoms with Crippen LogP contribution >= 0.6 is 35.0 Å². The molecule has 1 heterocycles. The van der Waals surface area contributed by atoms with Gasteiger partial charge in [-0.3, -0.25) is 14.2 Å². The molecule has 2 aromatic carbocycles. The summed E-state index contributed by atoms with van der Waals surface area (Å²) in [5, 5.41) is 3.24. The number of hydrogen-bond acceptors (Lipinski definition) is 4. The maximum atomic E-state index is 13.2. The molecule has 0 radical (unpaired) electrons. The van der Waals surface area contributed by atoms with Crippen molar-refractivity contribution in [3.63, 3.8) is 0 Å². The molecular weight excluding hydrogens is 474 g/mol. The minimum atomic E-state index is -4.68. The Bertz CT molecular complexity index is 1200. The molecule has 164 valence electrons. The highest BCUT2D eigenvalue weighted by Crippen LogP contribution is 2.36. The summed E-state index contributed by atoms with van der Waals surface area (Å²) >= 11 is 12.6. The lowest BCUT2D eigenvalue weighted by Crippen LogP contribution is -2.24. The number of hydrogen-bond donors (Lipinski definition) is 1. The molecular formula is C20H16Cl2F3N3O2S. The largest absolute Gasteiger partial charge is 0.418 e. The van der Waals surface area contributed by atoms with Crippen LogP contribution in [0, 0.1) is 0 Å². The summed E-state index contributed by atoms with van der Waals surface area (Å²) in [5.41, 5.74) is -1.33. The van der Waals surface area contributed by atoms with Gasteiger partial charge in [0, 0.05) is 16.6 Å². The first-order valence-electron chi connectivity index (χ1n) is 9.09. The highest BCUT2D eigenvalue weighted by atomic mass is 35.5. The number of alkyl halides is 3. The van der Waals surface area contributed by atoms with Crippen molar-refractivity contribution in [2.75, 3.05) is 11.1 Å². The summed E-state index contributed by atoms with van der Waals surface area (Å²) in [7, 11) is 0. The maximum absolute atomic E-state index is 13.2. The third-order valence-corrected chi connectivity index (χ3v) is 5.67. The minimum Gasteiger partial charge on any atom is -0.325 e. The molecule has 0 aliphatic heterocycles. The molecule has 1 N–H and O–H groups in total. The van der Waals surface area contributed by atoms with E-state index in [1.165, 1.54) is 10.6 Å². The molecule has 0 saturated carbocycles. The molecule has 1 aromatic heterocycles. The van der Waals surface area contributed by atoms with Crippen LogP contribution in [-0.4, -0.2) is 21.2 Å². The van der Waals surface area contributed by atoms with E-state index in [-0.39, 0.29) is 21.5 Å². The van der Waals surface area contributed by atoms with E-state index in [2.05, 4.69) is 10.3 Å². The predicted octanol–water partition coefficient (Wildman–Crippen LogP) is 5.86. The van der Waals surface area contributed by atoms with E-state index in [9.17, 15) is 22.8 Å². The fraction of sp³-hybridized carbons (Fsp3) is 0.250.